The third-order valence-corrected chi connectivity index (χ3v) is 2.89. The summed E-state index contributed by atoms with van der Waals surface area (Å²) in [6.45, 7) is 4.30. The minimum atomic E-state index is 0.0901. The van der Waals surface area contributed by atoms with Gasteiger partial charge in [-0.15, -0.1) is 0 Å². The Morgan fingerprint density at radius 2 is 2.18 bits per heavy atom. The van der Waals surface area contributed by atoms with Crippen LogP contribution in [0.4, 0.5) is 0 Å². The molecule has 0 unspecified atom stereocenters. The van der Waals surface area contributed by atoms with E-state index in [1.807, 2.05) is 30.6 Å². The molecular formula is C14H18N2O. The van der Waals surface area contributed by atoms with Gasteiger partial charge in [0, 0.05) is 24.5 Å². The SMILES string of the molecule is CCCc1nccn1-c1ccc(CO)cc1C. The lowest BCUT2D eigenvalue weighted by Crippen LogP contribution is -2.02. The molecule has 2 rings (SSSR count). The molecule has 0 bridgehead atoms. The Labute approximate surface area is 102 Å². The first kappa shape index (κ1) is 11.9. The van der Waals surface area contributed by atoms with E-state index < -0.39 is 0 Å². The van der Waals surface area contributed by atoms with Crippen LogP contribution >= 0.6 is 0 Å². The van der Waals surface area contributed by atoms with Gasteiger partial charge in [-0.3, -0.25) is 0 Å². The second kappa shape index (κ2) is 5.15. The lowest BCUT2D eigenvalue weighted by Gasteiger charge is -2.11. The van der Waals surface area contributed by atoms with Gasteiger partial charge in [0.1, 0.15) is 5.82 Å². The van der Waals surface area contributed by atoms with Crippen LogP contribution in [0.2, 0.25) is 0 Å². The van der Waals surface area contributed by atoms with E-state index in [0.29, 0.717) is 0 Å². The number of nitrogens with zero attached hydrogens (tertiary/aromatic N) is 2. The largest absolute Gasteiger partial charge is 0.392 e. The average molecular weight is 230 g/mol. The Bertz CT molecular complexity index is 503. The maximum atomic E-state index is 9.10. The van der Waals surface area contributed by atoms with Gasteiger partial charge in [-0.25, -0.2) is 4.98 Å². The third-order valence-electron chi connectivity index (χ3n) is 2.89. The van der Waals surface area contributed by atoms with Crippen molar-refractivity contribution in [2.45, 2.75) is 33.3 Å². The topological polar surface area (TPSA) is 38.0 Å². The highest BCUT2D eigenvalue weighted by Crippen LogP contribution is 2.18. The summed E-state index contributed by atoms with van der Waals surface area (Å²) in [4.78, 5) is 4.38. The first-order valence-electron chi connectivity index (χ1n) is 5.99. The van der Waals surface area contributed by atoms with Crippen LogP contribution in [0.1, 0.15) is 30.3 Å². The molecule has 1 aromatic carbocycles. The second-order valence-corrected chi connectivity index (χ2v) is 4.24. The van der Waals surface area contributed by atoms with Crippen molar-refractivity contribution in [1.29, 1.82) is 0 Å². The number of benzene rings is 1. The molecular weight excluding hydrogens is 212 g/mol. The van der Waals surface area contributed by atoms with E-state index in [9.17, 15) is 0 Å². The van der Waals surface area contributed by atoms with Crippen molar-refractivity contribution in [3.63, 3.8) is 0 Å². The molecule has 0 spiro atoms. The zero-order chi connectivity index (χ0) is 12.3. The Balaban J connectivity index is 2.42. The van der Waals surface area contributed by atoms with Crippen LogP contribution < -0.4 is 0 Å². The minimum absolute atomic E-state index is 0.0901. The molecule has 0 radical (unpaired) electrons. The summed E-state index contributed by atoms with van der Waals surface area (Å²) >= 11 is 0. The molecule has 3 nitrogen and oxygen atoms in total. The number of hydrogen-bond acceptors (Lipinski definition) is 2. The fourth-order valence-electron chi connectivity index (χ4n) is 2.05. The highest BCUT2D eigenvalue weighted by atomic mass is 16.3. The van der Waals surface area contributed by atoms with Gasteiger partial charge in [0.25, 0.3) is 0 Å². The fourth-order valence-corrected chi connectivity index (χ4v) is 2.05. The first-order chi connectivity index (χ1) is 8.26. The third kappa shape index (κ3) is 2.39. The molecule has 1 aromatic heterocycles. The Kier molecular flexibility index (Phi) is 3.59. The highest BCUT2D eigenvalue weighted by Gasteiger charge is 2.06. The molecule has 0 amide bonds. The van der Waals surface area contributed by atoms with Gasteiger partial charge >= 0.3 is 0 Å². The number of aryl methyl sites for hydroxylation is 2. The molecule has 0 atom stereocenters. The number of hydrogen-bond donors (Lipinski definition) is 1. The van der Waals surface area contributed by atoms with Gasteiger partial charge in [-0.05, 0) is 30.5 Å². The summed E-state index contributed by atoms with van der Waals surface area (Å²) in [5, 5.41) is 9.10. The van der Waals surface area contributed by atoms with Crippen LogP contribution in [0.3, 0.4) is 0 Å². The number of rotatable bonds is 4. The van der Waals surface area contributed by atoms with Gasteiger partial charge < -0.3 is 9.67 Å². The molecule has 0 saturated heterocycles. The molecule has 0 aliphatic rings. The zero-order valence-electron chi connectivity index (χ0n) is 10.3. The summed E-state index contributed by atoms with van der Waals surface area (Å²) < 4.78 is 2.12. The molecule has 0 saturated carbocycles. The van der Waals surface area contributed by atoms with E-state index >= 15 is 0 Å². The van der Waals surface area contributed by atoms with Gasteiger partial charge in [-0.1, -0.05) is 19.1 Å². The van der Waals surface area contributed by atoms with Crippen molar-refractivity contribution in [3.05, 3.63) is 47.5 Å². The van der Waals surface area contributed by atoms with Gasteiger partial charge in [0.05, 0.1) is 6.61 Å². The van der Waals surface area contributed by atoms with Crippen LogP contribution in [0.5, 0.6) is 0 Å². The predicted octanol–water partition coefficient (Wildman–Crippen LogP) is 2.63. The molecule has 2 aromatic rings. The van der Waals surface area contributed by atoms with Crippen molar-refractivity contribution < 1.29 is 5.11 Å². The van der Waals surface area contributed by atoms with Crippen LogP contribution in [0, 0.1) is 6.92 Å². The molecule has 1 heterocycles. The van der Waals surface area contributed by atoms with Crippen LogP contribution in [-0.4, -0.2) is 14.7 Å². The molecule has 90 valence electrons. The van der Waals surface area contributed by atoms with Crippen molar-refractivity contribution >= 4 is 0 Å². The molecule has 0 aliphatic heterocycles. The molecule has 3 heteroatoms. The first-order valence-corrected chi connectivity index (χ1v) is 5.99. The lowest BCUT2D eigenvalue weighted by molar-refractivity contribution is 0.282. The lowest BCUT2D eigenvalue weighted by atomic mass is 10.1. The minimum Gasteiger partial charge on any atom is -0.392 e. The summed E-state index contributed by atoms with van der Waals surface area (Å²) in [6.07, 6.45) is 5.90. The quantitative estimate of drug-likeness (QED) is 0.876. The summed E-state index contributed by atoms with van der Waals surface area (Å²) in [7, 11) is 0. The van der Waals surface area contributed by atoms with E-state index in [1.165, 1.54) is 0 Å². The van der Waals surface area contributed by atoms with Crippen LogP contribution in [0.25, 0.3) is 5.69 Å². The van der Waals surface area contributed by atoms with E-state index in [0.717, 1.165) is 35.5 Å². The number of imidazole rings is 1. The standard InChI is InChI=1S/C14H18N2O/c1-3-4-14-15-7-8-16(14)13-6-5-12(10-17)9-11(13)2/h5-9,17H,3-4,10H2,1-2H3. The number of aliphatic hydroxyl groups excluding tert-OH is 1. The van der Waals surface area contributed by atoms with Gasteiger partial charge in [0.2, 0.25) is 0 Å². The summed E-state index contributed by atoms with van der Waals surface area (Å²) in [5.41, 5.74) is 3.25. The van der Waals surface area contributed by atoms with E-state index in [-0.39, 0.29) is 6.61 Å². The average Bonchev–Trinajstić information content (AvgIpc) is 2.77. The van der Waals surface area contributed by atoms with Crippen LogP contribution in [-0.2, 0) is 13.0 Å². The Hall–Kier alpha value is -1.61. The van der Waals surface area contributed by atoms with Crippen LogP contribution in [0.15, 0.2) is 30.6 Å². The molecule has 17 heavy (non-hydrogen) atoms. The van der Waals surface area contributed by atoms with Crippen molar-refractivity contribution in [1.82, 2.24) is 9.55 Å². The molecule has 1 N–H and O–H groups in total. The van der Waals surface area contributed by atoms with E-state index in [1.54, 1.807) is 0 Å². The maximum Gasteiger partial charge on any atom is 0.113 e. The second-order valence-electron chi connectivity index (χ2n) is 4.24. The Morgan fingerprint density at radius 1 is 1.35 bits per heavy atom. The predicted molar refractivity (Wildman–Crippen MR) is 68.2 cm³/mol. The fraction of sp³-hybridized carbons (Fsp3) is 0.357. The van der Waals surface area contributed by atoms with Gasteiger partial charge in [-0.2, -0.15) is 0 Å². The molecule has 0 aliphatic carbocycles. The monoisotopic (exact) mass is 230 g/mol. The smallest absolute Gasteiger partial charge is 0.113 e. The van der Waals surface area contributed by atoms with E-state index in [4.69, 9.17) is 5.11 Å². The zero-order valence-corrected chi connectivity index (χ0v) is 10.3. The Morgan fingerprint density at radius 3 is 2.82 bits per heavy atom. The van der Waals surface area contributed by atoms with E-state index in [2.05, 4.69) is 23.4 Å². The normalized spacial score (nSPS) is 10.8. The maximum absolute atomic E-state index is 9.10. The van der Waals surface area contributed by atoms with Crippen molar-refractivity contribution in [2.75, 3.05) is 0 Å². The number of aliphatic hydroxyl groups is 1. The number of aromatic nitrogens is 2. The van der Waals surface area contributed by atoms with Crippen molar-refractivity contribution in [3.8, 4) is 5.69 Å². The molecule has 0 fully saturated rings. The van der Waals surface area contributed by atoms with Gasteiger partial charge in [0.15, 0.2) is 0 Å². The van der Waals surface area contributed by atoms with Crippen molar-refractivity contribution in [2.24, 2.45) is 0 Å². The summed E-state index contributed by atoms with van der Waals surface area (Å²) in [5.74, 6) is 1.09. The highest BCUT2D eigenvalue weighted by molar-refractivity contribution is 5.43. The summed E-state index contributed by atoms with van der Waals surface area (Å²) in [6, 6.07) is 6.02.